The molecule has 3 heterocycles. The number of nitrogens with zero attached hydrogens (tertiary/aromatic N) is 4. The first-order valence-electron chi connectivity index (χ1n) is 19.8. The molecule has 9 aromatic carbocycles. The lowest BCUT2D eigenvalue weighted by Gasteiger charge is -2.17. The van der Waals surface area contributed by atoms with Crippen molar-refractivity contribution in [3.63, 3.8) is 0 Å². The van der Waals surface area contributed by atoms with Gasteiger partial charge in [0, 0.05) is 45.4 Å². The number of furan rings is 1. The fourth-order valence-corrected chi connectivity index (χ4v) is 8.83. The van der Waals surface area contributed by atoms with Gasteiger partial charge in [-0.05, 0) is 114 Å². The van der Waals surface area contributed by atoms with Crippen LogP contribution in [0.25, 0.3) is 121 Å². The molecule has 5 heteroatoms. The van der Waals surface area contributed by atoms with E-state index < -0.39 is 0 Å². The second-order valence-electron chi connectivity index (χ2n) is 15.0. The van der Waals surface area contributed by atoms with E-state index in [4.69, 9.17) is 19.4 Å². The van der Waals surface area contributed by atoms with Crippen molar-refractivity contribution in [1.29, 1.82) is 0 Å². The molecular weight excluding hydrogens is 721 g/mol. The Kier molecular flexibility index (Phi) is 7.47. The Hall–Kier alpha value is -8.02. The van der Waals surface area contributed by atoms with Gasteiger partial charge in [0.15, 0.2) is 17.5 Å². The zero-order chi connectivity index (χ0) is 38.9. The third kappa shape index (κ3) is 5.47. The third-order valence-corrected chi connectivity index (χ3v) is 11.5. The van der Waals surface area contributed by atoms with Crippen molar-refractivity contribution in [3.05, 3.63) is 194 Å². The standard InChI is InChI=1S/C54H32N4O/c1-2-13-33(14-3-1)52-56-53(34-24-25-50-47(30-34)43-20-10-11-23-49(43)59-50)58-54(57-52)38-28-36(35-15-12-26-55-32-35)27-37(29-38)46-31-48-41-18-5-4-16-39(41)40-17-6-8-21-44(40)51(48)45-22-9-7-19-42(45)46/h1-32H. The van der Waals surface area contributed by atoms with Crippen LogP contribution in [0.2, 0.25) is 0 Å². The molecule has 0 aliphatic heterocycles. The van der Waals surface area contributed by atoms with Gasteiger partial charge in [0.2, 0.25) is 0 Å². The van der Waals surface area contributed by atoms with Crippen molar-refractivity contribution >= 4 is 65.0 Å². The smallest absolute Gasteiger partial charge is 0.164 e. The zero-order valence-corrected chi connectivity index (χ0v) is 31.7. The summed E-state index contributed by atoms with van der Waals surface area (Å²) in [6.07, 6.45) is 3.73. The van der Waals surface area contributed by atoms with E-state index in [9.17, 15) is 0 Å². The van der Waals surface area contributed by atoms with Gasteiger partial charge in [0.05, 0.1) is 0 Å². The van der Waals surface area contributed by atoms with Gasteiger partial charge in [-0.25, -0.2) is 15.0 Å². The fourth-order valence-electron chi connectivity index (χ4n) is 8.83. The molecule has 0 atom stereocenters. The molecule has 59 heavy (non-hydrogen) atoms. The first-order chi connectivity index (χ1) is 29.2. The number of hydrogen-bond donors (Lipinski definition) is 0. The fraction of sp³-hybridized carbons (Fsp3) is 0. The summed E-state index contributed by atoms with van der Waals surface area (Å²) in [5.74, 6) is 1.77. The number of aromatic nitrogens is 4. The maximum absolute atomic E-state index is 6.18. The van der Waals surface area contributed by atoms with Crippen molar-refractivity contribution in [1.82, 2.24) is 19.9 Å². The van der Waals surface area contributed by atoms with E-state index in [1.54, 1.807) is 0 Å². The second-order valence-corrected chi connectivity index (χ2v) is 15.0. The van der Waals surface area contributed by atoms with Crippen LogP contribution in [0.15, 0.2) is 199 Å². The summed E-state index contributed by atoms with van der Waals surface area (Å²) in [6, 6.07) is 63.9. The Labute approximate surface area is 338 Å². The van der Waals surface area contributed by atoms with E-state index in [1.807, 2.05) is 79.1 Å². The molecule has 12 aromatic rings. The van der Waals surface area contributed by atoms with Crippen LogP contribution in [0.3, 0.4) is 0 Å². The maximum atomic E-state index is 6.18. The molecule has 0 radical (unpaired) electrons. The molecule has 0 bridgehead atoms. The predicted molar refractivity (Wildman–Crippen MR) is 242 cm³/mol. The predicted octanol–water partition coefficient (Wildman–Crippen LogP) is 14.1. The topological polar surface area (TPSA) is 64.7 Å². The van der Waals surface area contributed by atoms with Crippen LogP contribution >= 0.6 is 0 Å². The molecule has 3 aromatic heterocycles. The minimum absolute atomic E-state index is 0.583. The van der Waals surface area contributed by atoms with Gasteiger partial charge >= 0.3 is 0 Å². The Morgan fingerprint density at radius 3 is 1.59 bits per heavy atom. The van der Waals surface area contributed by atoms with Gasteiger partial charge in [-0.3, -0.25) is 4.98 Å². The van der Waals surface area contributed by atoms with E-state index in [2.05, 4.69) is 120 Å². The first-order valence-corrected chi connectivity index (χ1v) is 19.8. The van der Waals surface area contributed by atoms with E-state index in [-0.39, 0.29) is 0 Å². The van der Waals surface area contributed by atoms with Crippen molar-refractivity contribution in [2.45, 2.75) is 0 Å². The minimum Gasteiger partial charge on any atom is -0.456 e. The molecular formula is C54H32N4O. The first kappa shape index (κ1) is 33.2. The number of rotatable bonds is 5. The molecule has 0 amide bonds. The largest absolute Gasteiger partial charge is 0.456 e. The maximum Gasteiger partial charge on any atom is 0.164 e. The lowest BCUT2D eigenvalue weighted by Crippen LogP contribution is -2.00. The van der Waals surface area contributed by atoms with E-state index in [0.717, 1.165) is 60.9 Å². The average molecular weight is 753 g/mol. The summed E-state index contributed by atoms with van der Waals surface area (Å²) in [7, 11) is 0. The van der Waals surface area contributed by atoms with Gasteiger partial charge in [0.1, 0.15) is 11.2 Å². The number of para-hydroxylation sites is 1. The summed E-state index contributed by atoms with van der Waals surface area (Å²) in [6.45, 7) is 0. The SMILES string of the molecule is c1ccc(-c2nc(-c3cc(-c4cccnc4)cc(-c4cc5c6ccccc6c6ccccc6c5c5ccccc45)c3)nc(-c3ccc4oc5ccccc5c4c3)n2)cc1. The zero-order valence-electron chi connectivity index (χ0n) is 31.7. The number of pyridine rings is 1. The highest BCUT2D eigenvalue weighted by atomic mass is 16.3. The Morgan fingerprint density at radius 2 is 0.847 bits per heavy atom. The molecule has 0 aliphatic carbocycles. The van der Waals surface area contributed by atoms with E-state index in [0.29, 0.717) is 17.5 Å². The summed E-state index contributed by atoms with van der Waals surface area (Å²) in [5, 5.41) is 11.9. The monoisotopic (exact) mass is 752 g/mol. The van der Waals surface area contributed by atoms with Crippen LogP contribution in [-0.2, 0) is 0 Å². The summed E-state index contributed by atoms with van der Waals surface area (Å²) >= 11 is 0. The second kappa shape index (κ2) is 13.3. The quantitative estimate of drug-likeness (QED) is 0.164. The molecule has 0 fully saturated rings. The minimum atomic E-state index is 0.583. The van der Waals surface area contributed by atoms with Gasteiger partial charge in [0.25, 0.3) is 0 Å². The van der Waals surface area contributed by atoms with E-state index >= 15 is 0 Å². The lowest BCUT2D eigenvalue weighted by atomic mass is 9.86. The van der Waals surface area contributed by atoms with Crippen molar-refractivity contribution < 1.29 is 4.42 Å². The van der Waals surface area contributed by atoms with Gasteiger partial charge < -0.3 is 4.42 Å². The van der Waals surface area contributed by atoms with Crippen LogP contribution in [0.1, 0.15) is 0 Å². The number of hydrogen-bond acceptors (Lipinski definition) is 5. The number of benzene rings is 9. The summed E-state index contributed by atoms with van der Waals surface area (Å²) in [4.78, 5) is 20.1. The number of fused-ring (bicyclic) bond motifs is 11. The van der Waals surface area contributed by atoms with Crippen molar-refractivity contribution in [2.24, 2.45) is 0 Å². The molecule has 12 rings (SSSR count). The molecule has 0 saturated heterocycles. The highest BCUT2D eigenvalue weighted by Gasteiger charge is 2.19. The Bertz CT molecular complexity index is 3610. The van der Waals surface area contributed by atoms with Gasteiger partial charge in [-0.2, -0.15) is 0 Å². The molecule has 0 N–H and O–H groups in total. The highest BCUT2D eigenvalue weighted by Crippen LogP contribution is 2.44. The molecule has 0 spiro atoms. The highest BCUT2D eigenvalue weighted by molar-refractivity contribution is 6.33. The summed E-state index contributed by atoms with van der Waals surface area (Å²) in [5.41, 5.74) is 8.57. The van der Waals surface area contributed by atoms with E-state index in [1.165, 1.54) is 43.1 Å². The molecule has 5 nitrogen and oxygen atoms in total. The van der Waals surface area contributed by atoms with Crippen LogP contribution in [0, 0.1) is 0 Å². The van der Waals surface area contributed by atoms with Crippen LogP contribution < -0.4 is 0 Å². The molecule has 274 valence electrons. The Balaban J connectivity index is 1.14. The van der Waals surface area contributed by atoms with Crippen LogP contribution in [0.4, 0.5) is 0 Å². The molecule has 0 unspecified atom stereocenters. The Morgan fingerprint density at radius 1 is 0.305 bits per heavy atom. The van der Waals surface area contributed by atoms with Crippen LogP contribution in [0.5, 0.6) is 0 Å². The van der Waals surface area contributed by atoms with Gasteiger partial charge in [-0.1, -0.05) is 127 Å². The lowest BCUT2D eigenvalue weighted by molar-refractivity contribution is 0.669. The van der Waals surface area contributed by atoms with Crippen molar-refractivity contribution in [3.8, 4) is 56.4 Å². The van der Waals surface area contributed by atoms with Gasteiger partial charge in [-0.15, -0.1) is 0 Å². The normalized spacial score (nSPS) is 11.7. The molecule has 0 aliphatic rings. The van der Waals surface area contributed by atoms with Crippen molar-refractivity contribution in [2.75, 3.05) is 0 Å². The average Bonchev–Trinajstić information content (AvgIpc) is 3.69. The summed E-state index contributed by atoms with van der Waals surface area (Å²) < 4.78 is 6.18. The molecule has 0 saturated carbocycles. The van der Waals surface area contributed by atoms with Crippen LogP contribution in [-0.4, -0.2) is 19.9 Å². The third-order valence-electron chi connectivity index (χ3n) is 11.5.